The summed E-state index contributed by atoms with van der Waals surface area (Å²) in [5.41, 5.74) is 1.21. The molecule has 3 heteroatoms. The highest BCUT2D eigenvalue weighted by molar-refractivity contribution is 5.09. The second kappa shape index (κ2) is 5.59. The fraction of sp³-hybridized carbons (Fsp3) is 0.688. The van der Waals surface area contributed by atoms with Gasteiger partial charge in [-0.3, -0.25) is 14.8 Å². The van der Waals surface area contributed by atoms with Gasteiger partial charge in [-0.2, -0.15) is 0 Å². The van der Waals surface area contributed by atoms with Gasteiger partial charge < -0.3 is 0 Å². The van der Waals surface area contributed by atoms with Gasteiger partial charge in [0.05, 0.1) is 5.69 Å². The van der Waals surface area contributed by atoms with Crippen LogP contribution in [0.25, 0.3) is 0 Å². The van der Waals surface area contributed by atoms with Gasteiger partial charge in [-0.25, -0.2) is 0 Å². The predicted octanol–water partition coefficient (Wildman–Crippen LogP) is 2.70. The summed E-state index contributed by atoms with van der Waals surface area (Å²) in [6, 6.07) is 8.09. The van der Waals surface area contributed by atoms with E-state index in [4.69, 9.17) is 0 Å². The van der Waals surface area contributed by atoms with Crippen LogP contribution in [0.3, 0.4) is 0 Å². The Balaban J connectivity index is 1.73. The maximum absolute atomic E-state index is 4.54. The Bertz CT molecular complexity index is 406. The van der Waals surface area contributed by atoms with Gasteiger partial charge in [0.25, 0.3) is 0 Å². The number of rotatable bonds is 2. The average molecular weight is 259 g/mol. The van der Waals surface area contributed by atoms with Gasteiger partial charge in [0, 0.05) is 37.4 Å². The third kappa shape index (κ3) is 2.67. The lowest BCUT2D eigenvalue weighted by atomic mass is 9.95. The SMILES string of the molecule is CC1CN2CCCCC2CN1C(C)c1ccccn1. The van der Waals surface area contributed by atoms with Crippen molar-refractivity contribution in [3.8, 4) is 0 Å². The molecule has 0 bridgehead atoms. The van der Waals surface area contributed by atoms with Crippen LogP contribution in [0.2, 0.25) is 0 Å². The fourth-order valence-electron chi connectivity index (χ4n) is 3.71. The molecule has 2 aliphatic heterocycles. The molecule has 0 aromatic carbocycles. The lowest BCUT2D eigenvalue weighted by molar-refractivity contribution is -0.00543. The van der Waals surface area contributed by atoms with Crippen molar-refractivity contribution in [2.24, 2.45) is 0 Å². The molecule has 0 aliphatic carbocycles. The van der Waals surface area contributed by atoms with E-state index in [1.54, 1.807) is 0 Å². The van der Waals surface area contributed by atoms with Crippen LogP contribution < -0.4 is 0 Å². The summed E-state index contributed by atoms with van der Waals surface area (Å²) in [4.78, 5) is 9.89. The van der Waals surface area contributed by atoms with Crippen LogP contribution in [-0.2, 0) is 0 Å². The Morgan fingerprint density at radius 2 is 2.16 bits per heavy atom. The second-order valence-electron chi connectivity index (χ2n) is 6.12. The third-order valence-electron chi connectivity index (χ3n) is 4.85. The molecule has 3 heterocycles. The number of pyridine rings is 1. The van der Waals surface area contributed by atoms with Crippen LogP contribution >= 0.6 is 0 Å². The largest absolute Gasteiger partial charge is 0.298 e. The van der Waals surface area contributed by atoms with E-state index in [-0.39, 0.29) is 0 Å². The first-order valence-corrected chi connectivity index (χ1v) is 7.66. The highest BCUT2D eigenvalue weighted by Gasteiger charge is 2.35. The lowest BCUT2D eigenvalue weighted by Gasteiger charge is -2.49. The summed E-state index contributed by atoms with van der Waals surface area (Å²) >= 11 is 0. The van der Waals surface area contributed by atoms with E-state index >= 15 is 0 Å². The number of fused-ring (bicyclic) bond motifs is 1. The molecule has 0 spiro atoms. The first-order valence-electron chi connectivity index (χ1n) is 7.66. The van der Waals surface area contributed by atoms with E-state index in [1.165, 1.54) is 44.6 Å². The van der Waals surface area contributed by atoms with Gasteiger partial charge in [0.15, 0.2) is 0 Å². The Labute approximate surface area is 116 Å². The number of hydrogen-bond acceptors (Lipinski definition) is 3. The molecule has 3 rings (SSSR count). The molecule has 104 valence electrons. The fourth-order valence-corrected chi connectivity index (χ4v) is 3.71. The first kappa shape index (κ1) is 13.1. The van der Waals surface area contributed by atoms with Gasteiger partial charge in [0.2, 0.25) is 0 Å². The average Bonchev–Trinajstić information content (AvgIpc) is 2.47. The smallest absolute Gasteiger partial charge is 0.0572 e. The first-order chi connectivity index (χ1) is 9.25. The zero-order valence-corrected chi connectivity index (χ0v) is 12.1. The summed E-state index contributed by atoms with van der Waals surface area (Å²) in [6.45, 7) is 8.41. The monoisotopic (exact) mass is 259 g/mol. The molecule has 0 saturated carbocycles. The molecule has 1 aromatic heterocycles. The molecular weight excluding hydrogens is 234 g/mol. The van der Waals surface area contributed by atoms with E-state index in [1.807, 2.05) is 12.3 Å². The molecular formula is C16H25N3. The van der Waals surface area contributed by atoms with Crippen LogP contribution in [0, 0.1) is 0 Å². The Morgan fingerprint density at radius 3 is 2.95 bits per heavy atom. The Morgan fingerprint density at radius 1 is 1.26 bits per heavy atom. The van der Waals surface area contributed by atoms with Crippen molar-refractivity contribution in [3.63, 3.8) is 0 Å². The molecule has 3 nitrogen and oxygen atoms in total. The van der Waals surface area contributed by atoms with Crippen molar-refractivity contribution in [1.29, 1.82) is 0 Å². The highest BCUT2D eigenvalue weighted by atomic mass is 15.3. The van der Waals surface area contributed by atoms with Gasteiger partial charge >= 0.3 is 0 Å². The number of piperidine rings is 1. The molecule has 1 aromatic rings. The van der Waals surface area contributed by atoms with Crippen LogP contribution in [0.1, 0.15) is 44.8 Å². The normalized spacial score (nSPS) is 30.8. The second-order valence-corrected chi connectivity index (χ2v) is 6.12. The third-order valence-corrected chi connectivity index (χ3v) is 4.85. The minimum atomic E-state index is 0.431. The molecule has 3 unspecified atom stereocenters. The quantitative estimate of drug-likeness (QED) is 0.814. The maximum atomic E-state index is 4.54. The summed E-state index contributed by atoms with van der Waals surface area (Å²) in [7, 11) is 0. The summed E-state index contributed by atoms with van der Waals surface area (Å²) in [5.74, 6) is 0. The van der Waals surface area contributed by atoms with E-state index in [0.717, 1.165) is 6.04 Å². The van der Waals surface area contributed by atoms with Crippen LogP contribution in [0.4, 0.5) is 0 Å². The van der Waals surface area contributed by atoms with Gasteiger partial charge in [-0.1, -0.05) is 12.5 Å². The van der Waals surface area contributed by atoms with Crippen molar-refractivity contribution in [2.45, 2.75) is 51.2 Å². The van der Waals surface area contributed by atoms with Gasteiger partial charge in [-0.05, 0) is 45.4 Å². The number of aromatic nitrogens is 1. The Kier molecular flexibility index (Phi) is 3.85. The number of piperazine rings is 1. The molecule has 3 atom stereocenters. The molecule has 19 heavy (non-hydrogen) atoms. The minimum Gasteiger partial charge on any atom is -0.298 e. The van der Waals surface area contributed by atoms with E-state index in [0.29, 0.717) is 12.1 Å². The Hall–Kier alpha value is -0.930. The van der Waals surface area contributed by atoms with E-state index in [2.05, 4.69) is 40.8 Å². The van der Waals surface area contributed by atoms with Crippen LogP contribution in [0.15, 0.2) is 24.4 Å². The van der Waals surface area contributed by atoms with Gasteiger partial charge in [-0.15, -0.1) is 0 Å². The molecule has 2 aliphatic rings. The molecule has 2 fully saturated rings. The summed E-state index contributed by atoms with van der Waals surface area (Å²) < 4.78 is 0. The van der Waals surface area contributed by atoms with Crippen molar-refractivity contribution in [3.05, 3.63) is 30.1 Å². The molecule has 0 radical (unpaired) electrons. The molecule has 0 amide bonds. The van der Waals surface area contributed by atoms with Crippen molar-refractivity contribution in [1.82, 2.24) is 14.8 Å². The topological polar surface area (TPSA) is 19.4 Å². The van der Waals surface area contributed by atoms with Crippen LogP contribution in [-0.4, -0.2) is 46.5 Å². The molecule has 2 saturated heterocycles. The number of hydrogen-bond donors (Lipinski definition) is 0. The van der Waals surface area contributed by atoms with Crippen molar-refractivity contribution in [2.75, 3.05) is 19.6 Å². The van der Waals surface area contributed by atoms with Crippen molar-refractivity contribution >= 4 is 0 Å². The van der Waals surface area contributed by atoms with E-state index in [9.17, 15) is 0 Å². The molecule has 0 N–H and O–H groups in total. The van der Waals surface area contributed by atoms with Crippen molar-refractivity contribution < 1.29 is 0 Å². The summed E-state index contributed by atoms with van der Waals surface area (Å²) in [6.07, 6.45) is 6.08. The van der Waals surface area contributed by atoms with E-state index < -0.39 is 0 Å². The predicted molar refractivity (Wildman–Crippen MR) is 78.0 cm³/mol. The summed E-state index contributed by atoms with van der Waals surface area (Å²) in [5, 5.41) is 0. The zero-order chi connectivity index (χ0) is 13.2. The highest BCUT2D eigenvalue weighted by Crippen LogP contribution is 2.29. The van der Waals surface area contributed by atoms with Gasteiger partial charge in [0.1, 0.15) is 0 Å². The standard InChI is InChI=1S/C16H25N3/c1-13-11-18-10-6-4-7-15(18)12-19(13)14(2)16-8-3-5-9-17-16/h3,5,8-9,13-15H,4,6-7,10-12H2,1-2H3. The minimum absolute atomic E-state index is 0.431. The number of nitrogens with zero attached hydrogens (tertiary/aromatic N) is 3. The zero-order valence-electron chi connectivity index (χ0n) is 12.1. The lowest BCUT2D eigenvalue weighted by Crippen LogP contribution is -2.59. The maximum Gasteiger partial charge on any atom is 0.0572 e. The van der Waals surface area contributed by atoms with Crippen LogP contribution in [0.5, 0.6) is 0 Å².